The van der Waals surface area contributed by atoms with Gasteiger partial charge in [-0.05, 0) is 42.7 Å². The van der Waals surface area contributed by atoms with Crippen molar-refractivity contribution in [2.75, 3.05) is 6.54 Å². The molecule has 0 radical (unpaired) electrons. The van der Waals surface area contributed by atoms with E-state index in [-0.39, 0.29) is 5.91 Å². The van der Waals surface area contributed by atoms with E-state index in [1.165, 1.54) is 24.0 Å². The van der Waals surface area contributed by atoms with Gasteiger partial charge < -0.3 is 5.32 Å². The molecule has 1 aromatic heterocycles. The minimum atomic E-state index is 0.0687. The third kappa shape index (κ3) is 3.00. The van der Waals surface area contributed by atoms with Crippen molar-refractivity contribution in [1.82, 2.24) is 5.32 Å². The molecular weight excluding hydrogens is 322 g/mol. The third-order valence-electron chi connectivity index (χ3n) is 3.68. The fourth-order valence-electron chi connectivity index (χ4n) is 2.62. The summed E-state index contributed by atoms with van der Waals surface area (Å²) in [5.41, 5.74) is 0. The molecule has 2 nitrogen and oxygen atoms in total. The maximum absolute atomic E-state index is 12.1. The van der Waals surface area contributed by atoms with Crippen molar-refractivity contribution in [1.29, 1.82) is 0 Å². The van der Waals surface area contributed by atoms with Gasteiger partial charge in [-0.3, -0.25) is 4.79 Å². The van der Waals surface area contributed by atoms with Gasteiger partial charge in [0.05, 0.1) is 4.88 Å². The van der Waals surface area contributed by atoms with E-state index in [4.69, 9.17) is 0 Å². The Morgan fingerprint density at radius 1 is 1.37 bits per heavy atom. The predicted octanol–water partition coefficient (Wildman–Crippen LogP) is 4.19. The highest BCUT2D eigenvalue weighted by Crippen LogP contribution is 2.30. The standard InChI is InChI=1S/C15H16BrNOS/c16-12-6-5-10(7-12)9-17-15(18)14-8-11-3-1-2-4-13(11)19-14/h1-4,8,10,12H,5-7,9H2,(H,17,18). The van der Waals surface area contributed by atoms with Crippen LogP contribution in [0.3, 0.4) is 0 Å². The number of fused-ring (bicyclic) bond motifs is 1. The van der Waals surface area contributed by atoms with Crippen LogP contribution in [0.25, 0.3) is 10.1 Å². The molecule has 2 aromatic rings. The normalized spacial score (nSPS) is 22.8. The van der Waals surface area contributed by atoms with Crippen LogP contribution in [0.15, 0.2) is 30.3 Å². The molecule has 1 aromatic carbocycles. The maximum Gasteiger partial charge on any atom is 0.261 e. The van der Waals surface area contributed by atoms with Gasteiger partial charge in [0, 0.05) is 16.1 Å². The molecule has 19 heavy (non-hydrogen) atoms. The van der Waals surface area contributed by atoms with Crippen LogP contribution in [-0.4, -0.2) is 17.3 Å². The smallest absolute Gasteiger partial charge is 0.261 e. The number of alkyl halides is 1. The van der Waals surface area contributed by atoms with E-state index in [9.17, 15) is 4.79 Å². The second kappa shape index (κ2) is 5.63. The summed E-state index contributed by atoms with van der Waals surface area (Å²) >= 11 is 5.21. The van der Waals surface area contributed by atoms with E-state index in [1.54, 1.807) is 11.3 Å². The molecule has 1 aliphatic rings. The van der Waals surface area contributed by atoms with Gasteiger partial charge in [0.15, 0.2) is 0 Å². The Morgan fingerprint density at radius 3 is 2.95 bits per heavy atom. The monoisotopic (exact) mass is 337 g/mol. The summed E-state index contributed by atoms with van der Waals surface area (Å²) in [4.78, 5) is 13.6. The first-order chi connectivity index (χ1) is 9.22. The van der Waals surface area contributed by atoms with E-state index in [2.05, 4.69) is 33.4 Å². The zero-order valence-electron chi connectivity index (χ0n) is 10.6. The van der Waals surface area contributed by atoms with Crippen LogP contribution >= 0.6 is 27.3 Å². The van der Waals surface area contributed by atoms with Crippen molar-refractivity contribution >= 4 is 43.3 Å². The fraction of sp³-hybridized carbons (Fsp3) is 0.400. The zero-order valence-corrected chi connectivity index (χ0v) is 13.0. The minimum Gasteiger partial charge on any atom is -0.351 e. The predicted molar refractivity (Wildman–Crippen MR) is 84.2 cm³/mol. The molecule has 3 rings (SSSR count). The fourth-order valence-corrected chi connectivity index (χ4v) is 4.39. The molecule has 1 N–H and O–H groups in total. The summed E-state index contributed by atoms with van der Waals surface area (Å²) in [6.45, 7) is 0.801. The largest absolute Gasteiger partial charge is 0.351 e. The van der Waals surface area contributed by atoms with Gasteiger partial charge in [0.2, 0.25) is 0 Å². The molecule has 1 aliphatic carbocycles. The van der Waals surface area contributed by atoms with E-state index in [1.807, 2.05) is 18.2 Å². The number of thiophene rings is 1. The van der Waals surface area contributed by atoms with E-state index < -0.39 is 0 Å². The van der Waals surface area contributed by atoms with Gasteiger partial charge in [-0.1, -0.05) is 34.1 Å². The Bertz CT molecular complexity index is 562. The molecular formula is C15H16BrNOS. The highest BCUT2D eigenvalue weighted by atomic mass is 79.9. The van der Waals surface area contributed by atoms with E-state index in [0.29, 0.717) is 10.7 Å². The Labute approximate surface area is 125 Å². The van der Waals surface area contributed by atoms with Crippen molar-refractivity contribution in [3.05, 3.63) is 35.2 Å². The van der Waals surface area contributed by atoms with Gasteiger partial charge >= 0.3 is 0 Å². The maximum atomic E-state index is 12.1. The van der Waals surface area contributed by atoms with Crippen molar-refractivity contribution in [3.63, 3.8) is 0 Å². The summed E-state index contributed by atoms with van der Waals surface area (Å²) in [5.74, 6) is 0.696. The van der Waals surface area contributed by atoms with Gasteiger partial charge in [-0.15, -0.1) is 11.3 Å². The van der Waals surface area contributed by atoms with Crippen LogP contribution in [0.5, 0.6) is 0 Å². The molecule has 4 heteroatoms. The van der Waals surface area contributed by atoms with Gasteiger partial charge in [-0.2, -0.15) is 0 Å². The number of carbonyl (C=O) groups excluding carboxylic acids is 1. The molecule has 1 saturated carbocycles. The molecule has 0 spiro atoms. The van der Waals surface area contributed by atoms with Crippen molar-refractivity contribution in [3.8, 4) is 0 Å². The number of amides is 1. The Morgan fingerprint density at radius 2 is 2.21 bits per heavy atom. The number of rotatable bonds is 3. The second-order valence-corrected chi connectivity index (χ2v) is 7.51. The van der Waals surface area contributed by atoms with Crippen LogP contribution in [0.4, 0.5) is 0 Å². The average Bonchev–Trinajstić information content (AvgIpc) is 3.01. The Kier molecular flexibility index (Phi) is 3.89. The van der Waals surface area contributed by atoms with Gasteiger partial charge in [0.1, 0.15) is 0 Å². The first-order valence-electron chi connectivity index (χ1n) is 6.63. The number of halogens is 1. The van der Waals surface area contributed by atoms with Crippen LogP contribution in [0.2, 0.25) is 0 Å². The number of hydrogen-bond acceptors (Lipinski definition) is 2. The van der Waals surface area contributed by atoms with Crippen LogP contribution in [0, 0.1) is 5.92 Å². The summed E-state index contributed by atoms with van der Waals surface area (Å²) < 4.78 is 1.18. The molecule has 0 aliphatic heterocycles. The minimum absolute atomic E-state index is 0.0687. The average molecular weight is 338 g/mol. The van der Waals surface area contributed by atoms with Crippen LogP contribution < -0.4 is 5.32 Å². The highest BCUT2D eigenvalue weighted by molar-refractivity contribution is 9.09. The molecule has 0 saturated heterocycles. The summed E-state index contributed by atoms with van der Waals surface area (Å²) in [6, 6.07) is 10.1. The molecule has 100 valence electrons. The number of hydrogen-bond donors (Lipinski definition) is 1. The first kappa shape index (κ1) is 13.1. The third-order valence-corrected chi connectivity index (χ3v) is 5.62. The number of nitrogens with one attached hydrogen (secondary N) is 1. The zero-order chi connectivity index (χ0) is 13.2. The lowest BCUT2D eigenvalue weighted by atomic mass is 10.1. The molecule has 2 unspecified atom stereocenters. The first-order valence-corrected chi connectivity index (χ1v) is 8.36. The van der Waals surface area contributed by atoms with Crippen molar-refractivity contribution < 1.29 is 4.79 Å². The van der Waals surface area contributed by atoms with E-state index in [0.717, 1.165) is 16.8 Å². The number of benzene rings is 1. The molecule has 0 bridgehead atoms. The Hall–Kier alpha value is -0.870. The lowest BCUT2D eigenvalue weighted by Gasteiger charge is -2.09. The van der Waals surface area contributed by atoms with Crippen LogP contribution in [0.1, 0.15) is 28.9 Å². The van der Waals surface area contributed by atoms with Gasteiger partial charge in [0.25, 0.3) is 5.91 Å². The SMILES string of the molecule is O=C(NCC1CCC(Br)C1)c1cc2ccccc2s1. The molecule has 1 amide bonds. The topological polar surface area (TPSA) is 29.1 Å². The van der Waals surface area contributed by atoms with Crippen molar-refractivity contribution in [2.45, 2.75) is 24.1 Å². The summed E-state index contributed by atoms with van der Waals surface area (Å²) in [6.07, 6.45) is 3.61. The molecule has 1 fully saturated rings. The quantitative estimate of drug-likeness (QED) is 0.835. The van der Waals surface area contributed by atoms with Crippen molar-refractivity contribution in [2.24, 2.45) is 5.92 Å². The van der Waals surface area contributed by atoms with E-state index >= 15 is 0 Å². The molecule has 1 heterocycles. The molecule has 2 atom stereocenters. The Balaban J connectivity index is 1.63. The summed E-state index contributed by atoms with van der Waals surface area (Å²) in [7, 11) is 0. The second-order valence-electron chi connectivity index (χ2n) is 5.13. The van der Waals surface area contributed by atoms with Crippen LogP contribution in [-0.2, 0) is 0 Å². The number of carbonyl (C=O) groups is 1. The lowest BCUT2D eigenvalue weighted by molar-refractivity contribution is 0.0951. The van der Waals surface area contributed by atoms with Gasteiger partial charge in [-0.25, -0.2) is 0 Å². The lowest BCUT2D eigenvalue weighted by Crippen LogP contribution is -2.27. The summed E-state index contributed by atoms with van der Waals surface area (Å²) in [5, 5.41) is 4.22. The highest BCUT2D eigenvalue weighted by Gasteiger charge is 2.23.